The molecule has 1 aromatic carbocycles. The Hall–Kier alpha value is -2.28. The van der Waals surface area contributed by atoms with E-state index in [0.717, 1.165) is 24.1 Å². The molecule has 1 aromatic rings. The number of hydrogen-bond acceptors (Lipinski definition) is 3. The van der Waals surface area contributed by atoms with Crippen LogP contribution in [0.1, 0.15) is 25.3 Å². The highest BCUT2D eigenvalue weighted by Gasteiger charge is 2.07. The summed E-state index contributed by atoms with van der Waals surface area (Å²) in [7, 11) is 3.93. The lowest BCUT2D eigenvalue weighted by Crippen LogP contribution is -2.25. The van der Waals surface area contributed by atoms with Crippen LogP contribution in [-0.2, 0) is 4.79 Å². The molecule has 4 nitrogen and oxygen atoms in total. The van der Waals surface area contributed by atoms with Crippen LogP contribution in [0.25, 0.3) is 6.08 Å². The molecule has 0 fully saturated rings. The fourth-order valence-corrected chi connectivity index (χ4v) is 1.66. The predicted molar refractivity (Wildman–Crippen MR) is 82.3 cm³/mol. The van der Waals surface area contributed by atoms with Crippen LogP contribution in [0.3, 0.4) is 0 Å². The van der Waals surface area contributed by atoms with Crippen LogP contribution in [0.4, 0.5) is 5.69 Å². The second-order valence-electron chi connectivity index (χ2n) is 4.77. The van der Waals surface area contributed by atoms with Gasteiger partial charge in [-0.25, -0.2) is 0 Å². The average molecular weight is 271 g/mol. The molecule has 0 aliphatic heterocycles. The molecule has 1 N–H and O–H groups in total. The summed E-state index contributed by atoms with van der Waals surface area (Å²) in [6.45, 7) is 2.66. The number of nitrogens with one attached hydrogen (secondary N) is 1. The maximum Gasteiger partial charge on any atom is 0.261 e. The van der Waals surface area contributed by atoms with Gasteiger partial charge in [0.1, 0.15) is 11.6 Å². The van der Waals surface area contributed by atoms with Crippen molar-refractivity contribution >= 4 is 17.7 Å². The number of amides is 1. The number of carbonyl (C=O) groups excluding carboxylic acids is 1. The first kappa shape index (κ1) is 15.8. The van der Waals surface area contributed by atoms with Gasteiger partial charge in [-0.05, 0) is 30.2 Å². The van der Waals surface area contributed by atoms with Gasteiger partial charge in [0.2, 0.25) is 0 Å². The molecule has 0 aliphatic carbocycles. The third kappa shape index (κ3) is 4.77. The summed E-state index contributed by atoms with van der Waals surface area (Å²) in [6, 6.07) is 9.65. The van der Waals surface area contributed by atoms with Crippen LogP contribution in [-0.4, -0.2) is 26.5 Å². The molecule has 20 heavy (non-hydrogen) atoms. The molecule has 4 heteroatoms. The Morgan fingerprint density at radius 1 is 1.35 bits per heavy atom. The van der Waals surface area contributed by atoms with E-state index < -0.39 is 0 Å². The van der Waals surface area contributed by atoms with Gasteiger partial charge in [0.05, 0.1) is 0 Å². The van der Waals surface area contributed by atoms with Gasteiger partial charge >= 0.3 is 0 Å². The summed E-state index contributed by atoms with van der Waals surface area (Å²) < 4.78 is 0. The van der Waals surface area contributed by atoms with Crippen molar-refractivity contribution in [3.05, 3.63) is 35.4 Å². The average Bonchev–Trinajstić information content (AvgIpc) is 2.45. The summed E-state index contributed by atoms with van der Waals surface area (Å²) in [4.78, 5) is 13.8. The van der Waals surface area contributed by atoms with Crippen molar-refractivity contribution in [1.82, 2.24) is 5.32 Å². The molecule has 0 unspecified atom stereocenters. The topological polar surface area (TPSA) is 56.1 Å². The van der Waals surface area contributed by atoms with Crippen LogP contribution < -0.4 is 10.2 Å². The van der Waals surface area contributed by atoms with Crippen molar-refractivity contribution in [1.29, 1.82) is 5.26 Å². The molecule has 106 valence electrons. The molecule has 1 rings (SSSR count). The Kier molecular flexibility index (Phi) is 6.31. The minimum atomic E-state index is -0.308. The highest BCUT2D eigenvalue weighted by Crippen LogP contribution is 2.14. The molecular formula is C16H21N3O. The largest absolute Gasteiger partial charge is 0.378 e. The second-order valence-corrected chi connectivity index (χ2v) is 4.77. The maximum atomic E-state index is 11.8. The lowest BCUT2D eigenvalue weighted by Gasteiger charge is -2.11. The lowest BCUT2D eigenvalue weighted by atomic mass is 10.1. The van der Waals surface area contributed by atoms with Gasteiger partial charge < -0.3 is 10.2 Å². The van der Waals surface area contributed by atoms with Crippen LogP contribution in [0, 0.1) is 11.3 Å². The highest BCUT2D eigenvalue weighted by atomic mass is 16.1. The molecule has 0 bridgehead atoms. The van der Waals surface area contributed by atoms with E-state index in [4.69, 9.17) is 5.26 Å². The normalized spacial score (nSPS) is 10.8. The van der Waals surface area contributed by atoms with Gasteiger partial charge in [0.25, 0.3) is 5.91 Å². The van der Waals surface area contributed by atoms with E-state index in [1.807, 2.05) is 49.3 Å². The number of nitrogens with zero attached hydrogens (tertiary/aromatic N) is 2. The Labute approximate surface area is 120 Å². The van der Waals surface area contributed by atoms with E-state index in [-0.39, 0.29) is 11.5 Å². The van der Waals surface area contributed by atoms with Gasteiger partial charge in [-0.1, -0.05) is 25.5 Å². The first-order chi connectivity index (χ1) is 9.58. The fourth-order valence-electron chi connectivity index (χ4n) is 1.66. The predicted octanol–water partition coefficient (Wildman–Crippen LogP) is 2.58. The summed E-state index contributed by atoms with van der Waals surface area (Å²) in [5, 5.41) is 11.8. The molecule has 0 spiro atoms. The Morgan fingerprint density at radius 2 is 2.00 bits per heavy atom. The molecule has 0 heterocycles. The molecular weight excluding hydrogens is 250 g/mol. The smallest absolute Gasteiger partial charge is 0.261 e. The number of benzene rings is 1. The van der Waals surface area contributed by atoms with Gasteiger partial charge in [0.15, 0.2) is 0 Å². The highest BCUT2D eigenvalue weighted by molar-refractivity contribution is 6.01. The molecule has 0 atom stereocenters. The van der Waals surface area contributed by atoms with Crippen LogP contribution >= 0.6 is 0 Å². The van der Waals surface area contributed by atoms with Gasteiger partial charge in [-0.15, -0.1) is 0 Å². The zero-order valence-electron chi connectivity index (χ0n) is 12.3. The summed E-state index contributed by atoms with van der Waals surface area (Å²) in [5.74, 6) is -0.308. The van der Waals surface area contributed by atoms with E-state index in [0.29, 0.717) is 6.54 Å². The van der Waals surface area contributed by atoms with E-state index in [1.165, 1.54) is 0 Å². The van der Waals surface area contributed by atoms with E-state index in [9.17, 15) is 4.79 Å². The minimum Gasteiger partial charge on any atom is -0.378 e. The van der Waals surface area contributed by atoms with Gasteiger partial charge in [0, 0.05) is 26.3 Å². The number of hydrogen-bond donors (Lipinski definition) is 1. The third-order valence-corrected chi connectivity index (χ3v) is 2.90. The number of unbranched alkanes of at least 4 members (excludes halogenated alkanes) is 1. The second kappa shape index (κ2) is 8.00. The van der Waals surface area contributed by atoms with Crippen molar-refractivity contribution < 1.29 is 4.79 Å². The fraction of sp³-hybridized carbons (Fsp3) is 0.375. The van der Waals surface area contributed by atoms with Crippen LogP contribution in [0.15, 0.2) is 29.8 Å². The summed E-state index contributed by atoms with van der Waals surface area (Å²) in [6.07, 6.45) is 3.54. The van der Waals surface area contributed by atoms with E-state index >= 15 is 0 Å². The van der Waals surface area contributed by atoms with Crippen LogP contribution in [0.2, 0.25) is 0 Å². The zero-order chi connectivity index (χ0) is 15.0. The molecule has 0 radical (unpaired) electrons. The van der Waals surface area contributed by atoms with Crippen molar-refractivity contribution in [2.75, 3.05) is 25.5 Å². The first-order valence-electron chi connectivity index (χ1n) is 6.76. The molecule has 0 aromatic heterocycles. The van der Waals surface area contributed by atoms with Gasteiger partial charge in [-0.3, -0.25) is 4.79 Å². The first-order valence-corrected chi connectivity index (χ1v) is 6.76. The minimum absolute atomic E-state index is 0.138. The SMILES string of the molecule is CCCCNC(=O)C(C#N)=Cc1ccc(N(C)C)cc1. The van der Waals surface area contributed by atoms with Crippen molar-refractivity contribution in [3.63, 3.8) is 0 Å². The molecule has 0 saturated carbocycles. The lowest BCUT2D eigenvalue weighted by molar-refractivity contribution is -0.117. The number of anilines is 1. The summed E-state index contributed by atoms with van der Waals surface area (Å²) in [5.41, 5.74) is 2.06. The van der Waals surface area contributed by atoms with E-state index in [2.05, 4.69) is 12.2 Å². The molecule has 1 amide bonds. The van der Waals surface area contributed by atoms with Crippen molar-refractivity contribution in [2.24, 2.45) is 0 Å². The quantitative estimate of drug-likeness (QED) is 0.491. The Morgan fingerprint density at radius 3 is 2.50 bits per heavy atom. The molecule has 0 saturated heterocycles. The number of rotatable bonds is 6. The zero-order valence-corrected chi connectivity index (χ0v) is 12.3. The number of nitriles is 1. The number of carbonyl (C=O) groups is 1. The Bertz CT molecular complexity index is 510. The molecule has 0 aliphatic rings. The van der Waals surface area contributed by atoms with Crippen molar-refractivity contribution in [2.45, 2.75) is 19.8 Å². The monoisotopic (exact) mass is 271 g/mol. The van der Waals surface area contributed by atoms with E-state index in [1.54, 1.807) is 6.08 Å². The van der Waals surface area contributed by atoms with Gasteiger partial charge in [-0.2, -0.15) is 5.26 Å². The summed E-state index contributed by atoms with van der Waals surface area (Å²) >= 11 is 0. The maximum absolute atomic E-state index is 11.8. The Balaban J connectivity index is 2.78. The third-order valence-electron chi connectivity index (χ3n) is 2.90. The van der Waals surface area contributed by atoms with Crippen molar-refractivity contribution in [3.8, 4) is 6.07 Å². The van der Waals surface area contributed by atoms with Crippen LogP contribution in [0.5, 0.6) is 0 Å². The standard InChI is InChI=1S/C16H21N3O/c1-4-5-10-18-16(20)14(12-17)11-13-6-8-15(9-7-13)19(2)3/h6-9,11H,4-5,10H2,1-3H3,(H,18,20).